The molecule has 1 unspecified atom stereocenters. The van der Waals surface area contributed by atoms with E-state index in [-0.39, 0.29) is 18.7 Å². The molecular formula is C17H21N3O4. The van der Waals surface area contributed by atoms with E-state index in [1.807, 2.05) is 13.8 Å². The van der Waals surface area contributed by atoms with Crippen LogP contribution < -0.4 is 10.2 Å². The van der Waals surface area contributed by atoms with E-state index in [1.54, 1.807) is 37.2 Å². The lowest BCUT2D eigenvalue weighted by molar-refractivity contribution is -0.136. The molecule has 0 radical (unpaired) electrons. The van der Waals surface area contributed by atoms with Crippen LogP contribution in [0.3, 0.4) is 0 Å². The minimum Gasteiger partial charge on any atom is -0.377 e. The number of nitrogens with zero attached hydrogens (tertiary/aromatic N) is 2. The Morgan fingerprint density at radius 3 is 2.33 bits per heavy atom. The molecule has 1 fully saturated rings. The Labute approximate surface area is 140 Å². The minimum atomic E-state index is -0.930. The summed E-state index contributed by atoms with van der Waals surface area (Å²) in [6, 6.07) is 4.10. The lowest BCUT2D eigenvalue weighted by atomic mass is 10.0. The highest BCUT2D eigenvalue weighted by molar-refractivity contribution is 6.25. The van der Waals surface area contributed by atoms with Gasteiger partial charge in [0.25, 0.3) is 11.8 Å². The standard InChI is InChI=1S/C15H15N3O4.C2H6/c1-17(2)9-5-3-4-8-12(9)15(22)18(14(8)21)10-6-7-11(19)16-13(10)20;1-2/h3-5,10H,6-7H2,1-2H3,(H,16,19,20);1-2H3. The van der Waals surface area contributed by atoms with Gasteiger partial charge in [-0.25, -0.2) is 0 Å². The molecule has 0 saturated carbocycles. The summed E-state index contributed by atoms with van der Waals surface area (Å²) in [5, 5.41) is 2.18. The zero-order valence-corrected chi connectivity index (χ0v) is 14.3. The molecule has 1 atom stereocenters. The largest absolute Gasteiger partial charge is 0.377 e. The Morgan fingerprint density at radius 2 is 1.75 bits per heavy atom. The monoisotopic (exact) mass is 331 g/mol. The summed E-state index contributed by atoms with van der Waals surface area (Å²) in [7, 11) is 3.56. The average Bonchev–Trinajstić information content (AvgIpc) is 2.81. The van der Waals surface area contributed by atoms with Crippen LogP contribution in [-0.2, 0) is 9.59 Å². The molecule has 1 aromatic rings. The summed E-state index contributed by atoms with van der Waals surface area (Å²) in [5.41, 5.74) is 1.23. The topological polar surface area (TPSA) is 86.8 Å². The predicted octanol–water partition coefficient (Wildman–Crippen LogP) is 1.18. The van der Waals surface area contributed by atoms with E-state index in [4.69, 9.17) is 0 Å². The van der Waals surface area contributed by atoms with Crippen molar-refractivity contribution in [3.63, 3.8) is 0 Å². The highest BCUT2D eigenvalue weighted by Crippen LogP contribution is 2.33. The summed E-state index contributed by atoms with van der Waals surface area (Å²) < 4.78 is 0. The van der Waals surface area contributed by atoms with E-state index in [2.05, 4.69) is 5.32 Å². The van der Waals surface area contributed by atoms with Gasteiger partial charge in [-0.05, 0) is 18.6 Å². The average molecular weight is 331 g/mol. The van der Waals surface area contributed by atoms with Gasteiger partial charge in [0.1, 0.15) is 6.04 Å². The second-order valence-electron chi connectivity index (χ2n) is 5.54. The quantitative estimate of drug-likeness (QED) is 0.822. The molecule has 3 rings (SSSR count). The fraction of sp³-hybridized carbons (Fsp3) is 0.412. The number of amides is 4. The fourth-order valence-electron chi connectivity index (χ4n) is 2.87. The SMILES string of the molecule is CC.CN(C)c1cccc2c1C(=O)N(C1CCC(=O)NC1=O)C2=O. The van der Waals surface area contributed by atoms with E-state index >= 15 is 0 Å². The smallest absolute Gasteiger partial charge is 0.264 e. The van der Waals surface area contributed by atoms with Crippen molar-refractivity contribution in [3.8, 4) is 0 Å². The molecule has 1 saturated heterocycles. The molecule has 1 aromatic carbocycles. The number of anilines is 1. The van der Waals surface area contributed by atoms with Gasteiger partial charge in [-0.1, -0.05) is 19.9 Å². The van der Waals surface area contributed by atoms with Crippen molar-refractivity contribution in [2.45, 2.75) is 32.7 Å². The Balaban J connectivity index is 0.00000100. The van der Waals surface area contributed by atoms with E-state index < -0.39 is 23.8 Å². The van der Waals surface area contributed by atoms with Gasteiger partial charge in [-0.3, -0.25) is 29.4 Å². The zero-order chi connectivity index (χ0) is 18.0. The second-order valence-corrected chi connectivity index (χ2v) is 5.54. The molecule has 2 aliphatic heterocycles. The minimum absolute atomic E-state index is 0.115. The molecule has 128 valence electrons. The van der Waals surface area contributed by atoms with Gasteiger partial charge in [-0.2, -0.15) is 0 Å². The van der Waals surface area contributed by atoms with Crippen LogP contribution in [0, 0.1) is 0 Å². The number of hydrogen-bond acceptors (Lipinski definition) is 5. The molecule has 0 aliphatic carbocycles. The molecule has 4 amide bonds. The summed E-state index contributed by atoms with van der Waals surface area (Å²) in [6.07, 6.45) is 0.276. The number of imide groups is 2. The van der Waals surface area contributed by atoms with Crippen LogP contribution >= 0.6 is 0 Å². The van der Waals surface area contributed by atoms with Gasteiger partial charge in [0, 0.05) is 26.2 Å². The van der Waals surface area contributed by atoms with Crippen LogP contribution in [0.1, 0.15) is 47.4 Å². The van der Waals surface area contributed by atoms with Gasteiger partial charge in [-0.15, -0.1) is 0 Å². The number of rotatable bonds is 2. The maximum absolute atomic E-state index is 12.7. The maximum atomic E-state index is 12.7. The number of benzene rings is 1. The molecule has 1 N–H and O–H groups in total. The van der Waals surface area contributed by atoms with Crippen molar-refractivity contribution in [2.24, 2.45) is 0 Å². The van der Waals surface area contributed by atoms with E-state index in [0.29, 0.717) is 16.8 Å². The molecule has 7 nitrogen and oxygen atoms in total. The highest BCUT2D eigenvalue weighted by Gasteiger charge is 2.45. The molecule has 0 bridgehead atoms. The number of carbonyl (C=O) groups is 4. The number of fused-ring (bicyclic) bond motifs is 1. The fourth-order valence-corrected chi connectivity index (χ4v) is 2.87. The van der Waals surface area contributed by atoms with Crippen LogP contribution in [0.15, 0.2) is 18.2 Å². The molecule has 2 heterocycles. The molecule has 2 aliphatic rings. The molecule has 0 spiro atoms. The first-order valence-corrected chi connectivity index (χ1v) is 7.93. The first kappa shape index (κ1) is 17.7. The third kappa shape index (κ3) is 2.77. The molecular weight excluding hydrogens is 310 g/mol. The van der Waals surface area contributed by atoms with Gasteiger partial charge in [0.15, 0.2) is 0 Å². The van der Waals surface area contributed by atoms with Crippen molar-refractivity contribution in [1.29, 1.82) is 0 Å². The molecule has 0 aromatic heterocycles. The number of nitrogens with one attached hydrogen (secondary N) is 1. The van der Waals surface area contributed by atoms with Crippen molar-refractivity contribution in [2.75, 3.05) is 19.0 Å². The number of piperidine rings is 1. The number of hydrogen-bond donors (Lipinski definition) is 1. The summed E-state index contributed by atoms with van der Waals surface area (Å²) in [6.45, 7) is 4.00. The van der Waals surface area contributed by atoms with Crippen molar-refractivity contribution < 1.29 is 19.2 Å². The Hall–Kier alpha value is -2.70. The van der Waals surface area contributed by atoms with Crippen molar-refractivity contribution in [1.82, 2.24) is 10.2 Å². The van der Waals surface area contributed by atoms with Gasteiger partial charge in [0.05, 0.1) is 11.1 Å². The lowest BCUT2D eigenvalue weighted by Gasteiger charge is -2.28. The van der Waals surface area contributed by atoms with Crippen LogP contribution in [0.2, 0.25) is 0 Å². The van der Waals surface area contributed by atoms with Crippen LogP contribution in [0.5, 0.6) is 0 Å². The first-order chi connectivity index (χ1) is 11.4. The van der Waals surface area contributed by atoms with Crippen LogP contribution in [0.25, 0.3) is 0 Å². The van der Waals surface area contributed by atoms with Crippen LogP contribution in [0.4, 0.5) is 5.69 Å². The second kappa shape index (κ2) is 6.82. The zero-order valence-electron chi connectivity index (χ0n) is 14.3. The summed E-state index contributed by atoms with van der Waals surface area (Å²) in [5.74, 6) is -1.96. The number of carbonyl (C=O) groups excluding carboxylic acids is 4. The summed E-state index contributed by atoms with van der Waals surface area (Å²) in [4.78, 5) is 51.1. The maximum Gasteiger partial charge on any atom is 0.264 e. The van der Waals surface area contributed by atoms with E-state index in [1.165, 1.54) is 0 Å². The Morgan fingerprint density at radius 1 is 1.08 bits per heavy atom. The van der Waals surface area contributed by atoms with Crippen LogP contribution in [-0.4, -0.2) is 48.7 Å². The first-order valence-electron chi connectivity index (χ1n) is 7.93. The van der Waals surface area contributed by atoms with Crippen molar-refractivity contribution >= 4 is 29.3 Å². The van der Waals surface area contributed by atoms with E-state index in [0.717, 1.165) is 4.90 Å². The normalized spacial score (nSPS) is 19.5. The lowest BCUT2D eigenvalue weighted by Crippen LogP contribution is -2.54. The third-order valence-corrected chi connectivity index (χ3v) is 3.93. The van der Waals surface area contributed by atoms with Crippen molar-refractivity contribution in [3.05, 3.63) is 29.3 Å². The van der Waals surface area contributed by atoms with Gasteiger partial charge in [0.2, 0.25) is 11.8 Å². The Bertz CT molecular complexity index is 712. The summed E-state index contributed by atoms with van der Waals surface area (Å²) >= 11 is 0. The van der Waals surface area contributed by atoms with Gasteiger partial charge >= 0.3 is 0 Å². The highest BCUT2D eigenvalue weighted by atomic mass is 16.2. The third-order valence-electron chi connectivity index (χ3n) is 3.93. The molecule has 7 heteroatoms. The molecule has 24 heavy (non-hydrogen) atoms. The Kier molecular flexibility index (Phi) is 5.02. The van der Waals surface area contributed by atoms with E-state index in [9.17, 15) is 19.2 Å². The van der Waals surface area contributed by atoms with Gasteiger partial charge < -0.3 is 4.90 Å². The predicted molar refractivity (Wildman–Crippen MR) is 88.8 cm³/mol.